The zero-order valence-electron chi connectivity index (χ0n) is 14.9. The van der Waals surface area contributed by atoms with E-state index in [1.54, 1.807) is 4.90 Å². The number of hydrogen-bond donors (Lipinski definition) is 1. The van der Waals surface area contributed by atoms with E-state index in [0.717, 1.165) is 22.8 Å². The molecule has 1 spiro atoms. The van der Waals surface area contributed by atoms with E-state index < -0.39 is 5.54 Å². The number of imide groups is 1. The Balaban J connectivity index is 1.46. The van der Waals surface area contributed by atoms with Crippen molar-refractivity contribution in [2.75, 3.05) is 29.5 Å². The molecule has 4 amide bonds. The van der Waals surface area contributed by atoms with Crippen molar-refractivity contribution in [1.82, 2.24) is 10.2 Å². The molecular formula is C19H23N3O3S. The second kappa shape index (κ2) is 6.61. The third-order valence-electron chi connectivity index (χ3n) is 5.55. The summed E-state index contributed by atoms with van der Waals surface area (Å²) < 4.78 is 0. The highest BCUT2D eigenvalue weighted by atomic mass is 32.2. The second-order valence-corrected chi connectivity index (χ2v) is 8.68. The topological polar surface area (TPSA) is 69.7 Å². The summed E-state index contributed by atoms with van der Waals surface area (Å²) in [6, 6.07) is 7.55. The van der Waals surface area contributed by atoms with Gasteiger partial charge >= 0.3 is 6.03 Å². The van der Waals surface area contributed by atoms with Gasteiger partial charge in [-0.3, -0.25) is 14.5 Å². The number of aryl methyl sites for hydroxylation is 1. The van der Waals surface area contributed by atoms with Crippen LogP contribution in [0.2, 0.25) is 0 Å². The van der Waals surface area contributed by atoms with E-state index in [9.17, 15) is 14.4 Å². The number of nitrogens with zero attached hydrogens (tertiary/aromatic N) is 2. The standard InChI is InChI=1S/C19H23N3O3S/c1-13-3-2-4-15(9-13)21-11-14(10-16(21)23)12-22-17(24)19(20-18(22)25)5-7-26-8-6-19/h2-4,9,14H,5-8,10-12H2,1H3,(H,20,25). The van der Waals surface area contributed by atoms with Crippen molar-refractivity contribution in [2.24, 2.45) is 5.92 Å². The predicted molar refractivity (Wildman–Crippen MR) is 101 cm³/mol. The van der Waals surface area contributed by atoms with Crippen molar-refractivity contribution in [2.45, 2.75) is 31.7 Å². The number of hydrogen-bond acceptors (Lipinski definition) is 4. The lowest BCUT2D eigenvalue weighted by Gasteiger charge is -2.30. The van der Waals surface area contributed by atoms with Crippen LogP contribution in [0.4, 0.5) is 10.5 Å². The monoisotopic (exact) mass is 373 g/mol. The van der Waals surface area contributed by atoms with E-state index in [-0.39, 0.29) is 23.8 Å². The molecule has 3 aliphatic rings. The molecule has 3 aliphatic heterocycles. The van der Waals surface area contributed by atoms with Gasteiger partial charge in [0.1, 0.15) is 5.54 Å². The lowest BCUT2D eigenvalue weighted by molar-refractivity contribution is -0.132. The summed E-state index contributed by atoms with van der Waals surface area (Å²) in [6.07, 6.45) is 1.75. The number of amides is 4. The fraction of sp³-hybridized carbons (Fsp3) is 0.526. The van der Waals surface area contributed by atoms with Crippen molar-refractivity contribution >= 4 is 35.3 Å². The van der Waals surface area contributed by atoms with E-state index in [4.69, 9.17) is 0 Å². The molecule has 0 radical (unpaired) electrons. The Morgan fingerprint density at radius 2 is 2.00 bits per heavy atom. The first-order chi connectivity index (χ1) is 12.5. The summed E-state index contributed by atoms with van der Waals surface area (Å²) >= 11 is 1.82. The highest BCUT2D eigenvalue weighted by molar-refractivity contribution is 7.99. The minimum atomic E-state index is -0.707. The molecule has 138 valence electrons. The van der Waals surface area contributed by atoms with Crippen LogP contribution in [-0.4, -0.2) is 52.9 Å². The SMILES string of the molecule is Cc1cccc(N2CC(CN3C(=O)NC4(CCSCC4)C3=O)CC2=O)c1. The van der Waals surface area contributed by atoms with Crippen LogP contribution in [0.1, 0.15) is 24.8 Å². The van der Waals surface area contributed by atoms with Crippen LogP contribution in [0, 0.1) is 12.8 Å². The van der Waals surface area contributed by atoms with Crippen LogP contribution >= 0.6 is 11.8 Å². The molecule has 3 heterocycles. The molecule has 7 heteroatoms. The molecule has 0 bridgehead atoms. The molecule has 3 saturated heterocycles. The summed E-state index contributed by atoms with van der Waals surface area (Å²) in [5.74, 6) is 1.71. The zero-order valence-corrected chi connectivity index (χ0v) is 15.7. The first-order valence-corrected chi connectivity index (χ1v) is 10.2. The van der Waals surface area contributed by atoms with Crippen molar-refractivity contribution in [3.63, 3.8) is 0 Å². The average Bonchev–Trinajstić information content (AvgIpc) is 3.09. The third-order valence-corrected chi connectivity index (χ3v) is 6.54. The first-order valence-electron chi connectivity index (χ1n) is 9.07. The number of carbonyl (C=O) groups excluding carboxylic acids is 3. The Labute approximate surface area is 157 Å². The van der Waals surface area contributed by atoms with Gasteiger partial charge in [-0.25, -0.2) is 4.79 Å². The molecule has 6 nitrogen and oxygen atoms in total. The molecule has 26 heavy (non-hydrogen) atoms. The minimum Gasteiger partial charge on any atom is -0.323 e. The predicted octanol–water partition coefficient (Wildman–Crippen LogP) is 2.17. The van der Waals surface area contributed by atoms with Gasteiger partial charge in [-0.1, -0.05) is 12.1 Å². The minimum absolute atomic E-state index is 0.0224. The number of anilines is 1. The molecule has 0 aromatic heterocycles. The Morgan fingerprint density at radius 3 is 2.73 bits per heavy atom. The maximum Gasteiger partial charge on any atom is 0.325 e. The smallest absolute Gasteiger partial charge is 0.323 e. The maximum atomic E-state index is 12.9. The van der Waals surface area contributed by atoms with E-state index >= 15 is 0 Å². The van der Waals surface area contributed by atoms with E-state index in [1.807, 2.05) is 43.0 Å². The van der Waals surface area contributed by atoms with Crippen molar-refractivity contribution < 1.29 is 14.4 Å². The van der Waals surface area contributed by atoms with Crippen LogP contribution in [-0.2, 0) is 9.59 Å². The maximum absolute atomic E-state index is 12.9. The van der Waals surface area contributed by atoms with Crippen molar-refractivity contribution in [1.29, 1.82) is 0 Å². The van der Waals surface area contributed by atoms with Crippen molar-refractivity contribution in [3.8, 4) is 0 Å². The molecule has 1 aromatic rings. The van der Waals surface area contributed by atoms with Gasteiger partial charge in [0.05, 0.1) is 0 Å². The Morgan fingerprint density at radius 1 is 1.23 bits per heavy atom. The summed E-state index contributed by atoms with van der Waals surface area (Å²) in [6.45, 7) is 2.85. The van der Waals surface area contributed by atoms with Crippen molar-refractivity contribution in [3.05, 3.63) is 29.8 Å². The summed E-state index contributed by atoms with van der Waals surface area (Å²) in [5.41, 5.74) is 1.28. The average molecular weight is 373 g/mol. The molecule has 1 unspecified atom stereocenters. The number of nitrogens with one attached hydrogen (secondary N) is 1. The largest absolute Gasteiger partial charge is 0.325 e. The number of carbonyl (C=O) groups is 3. The van der Waals surface area contributed by atoms with E-state index in [2.05, 4.69) is 5.32 Å². The zero-order chi connectivity index (χ0) is 18.3. The van der Waals surface area contributed by atoms with Gasteiger partial charge in [0.15, 0.2) is 0 Å². The third kappa shape index (κ3) is 2.98. The normalized spacial score (nSPS) is 25.3. The molecule has 1 N–H and O–H groups in total. The van der Waals surface area contributed by atoms with Gasteiger partial charge < -0.3 is 10.2 Å². The van der Waals surface area contributed by atoms with Gasteiger partial charge in [0, 0.05) is 31.1 Å². The van der Waals surface area contributed by atoms with Gasteiger partial charge in [-0.05, 0) is 49.0 Å². The van der Waals surface area contributed by atoms with Gasteiger partial charge in [0.2, 0.25) is 5.91 Å². The molecule has 4 rings (SSSR count). The van der Waals surface area contributed by atoms with E-state index in [0.29, 0.717) is 32.4 Å². The number of thioether (sulfide) groups is 1. The van der Waals surface area contributed by atoms with Crippen LogP contribution in [0.5, 0.6) is 0 Å². The molecule has 1 aromatic carbocycles. The molecule has 0 aliphatic carbocycles. The van der Waals surface area contributed by atoms with Crippen LogP contribution in [0.25, 0.3) is 0 Å². The van der Waals surface area contributed by atoms with Crippen LogP contribution < -0.4 is 10.2 Å². The second-order valence-electron chi connectivity index (χ2n) is 7.45. The van der Waals surface area contributed by atoms with Gasteiger partial charge in [-0.15, -0.1) is 0 Å². The Kier molecular flexibility index (Phi) is 4.42. The lowest BCUT2D eigenvalue weighted by atomic mass is 9.92. The van der Waals surface area contributed by atoms with Gasteiger partial charge in [-0.2, -0.15) is 11.8 Å². The van der Waals surface area contributed by atoms with E-state index in [1.165, 1.54) is 4.90 Å². The fourth-order valence-corrected chi connectivity index (χ4v) is 5.30. The number of urea groups is 1. The molecule has 1 atom stereocenters. The quantitative estimate of drug-likeness (QED) is 0.825. The number of benzene rings is 1. The first kappa shape index (κ1) is 17.4. The van der Waals surface area contributed by atoms with Crippen LogP contribution in [0.3, 0.4) is 0 Å². The molecule has 0 saturated carbocycles. The number of rotatable bonds is 3. The highest BCUT2D eigenvalue weighted by Crippen LogP contribution is 2.34. The highest BCUT2D eigenvalue weighted by Gasteiger charge is 2.52. The van der Waals surface area contributed by atoms with Gasteiger partial charge in [0.25, 0.3) is 5.91 Å². The summed E-state index contributed by atoms with van der Waals surface area (Å²) in [4.78, 5) is 40.9. The molecular weight excluding hydrogens is 350 g/mol. The summed E-state index contributed by atoms with van der Waals surface area (Å²) in [7, 11) is 0. The Bertz CT molecular complexity index is 760. The molecule has 3 fully saturated rings. The fourth-order valence-electron chi connectivity index (χ4n) is 4.11. The van der Waals surface area contributed by atoms with Crippen LogP contribution in [0.15, 0.2) is 24.3 Å². The lowest BCUT2D eigenvalue weighted by Crippen LogP contribution is -2.49. The Hall–Kier alpha value is -2.02. The summed E-state index contributed by atoms with van der Waals surface area (Å²) in [5, 5.41) is 2.93.